The zero-order valence-electron chi connectivity index (χ0n) is 24.7. The molecule has 8 nitrogen and oxygen atoms in total. The molecule has 0 fully saturated rings. The van der Waals surface area contributed by atoms with Crippen LogP contribution in [0.15, 0.2) is 53.4 Å². The monoisotopic (exact) mass is 576 g/mol. The van der Waals surface area contributed by atoms with Gasteiger partial charge in [0.1, 0.15) is 11.3 Å². The van der Waals surface area contributed by atoms with E-state index in [1.165, 1.54) is 0 Å². The number of aryl methyl sites for hydroxylation is 4. The normalized spacial score (nSPS) is 11.6. The van der Waals surface area contributed by atoms with Crippen LogP contribution < -0.4 is 4.72 Å². The minimum atomic E-state index is -4.15. The highest BCUT2D eigenvalue weighted by Crippen LogP contribution is 2.30. The van der Waals surface area contributed by atoms with Gasteiger partial charge in [-0.3, -0.25) is 0 Å². The van der Waals surface area contributed by atoms with Crippen molar-refractivity contribution in [3.05, 3.63) is 76.7 Å². The fourth-order valence-corrected chi connectivity index (χ4v) is 6.04. The van der Waals surface area contributed by atoms with Crippen molar-refractivity contribution in [3.63, 3.8) is 0 Å². The molecule has 0 spiro atoms. The van der Waals surface area contributed by atoms with Crippen molar-refractivity contribution < 1.29 is 17.9 Å². The van der Waals surface area contributed by atoms with Crippen LogP contribution in [0, 0.1) is 13.8 Å². The van der Waals surface area contributed by atoms with Crippen LogP contribution in [0.3, 0.4) is 0 Å². The van der Waals surface area contributed by atoms with Crippen molar-refractivity contribution >= 4 is 27.3 Å². The van der Waals surface area contributed by atoms with Crippen molar-refractivity contribution in [1.29, 1.82) is 0 Å². The highest BCUT2D eigenvalue weighted by atomic mass is 32.2. The van der Waals surface area contributed by atoms with E-state index < -0.39 is 16.1 Å². The minimum Gasteiger partial charge on any atom is -0.449 e. The van der Waals surface area contributed by atoms with Crippen LogP contribution in [0.4, 0.5) is 4.79 Å². The number of hydrogen-bond acceptors (Lipinski definition) is 6. The lowest BCUT2D eigenvalue weighted by molar-refractivity contribution is 0.151. The zero-order chi connectivity index (χ0) is 29.6. The summed E-state index contributed by atoms with van der Waals surface area (Å²) in [6.07, 6.45) is 4.20. The summed E-state index contributed by atoms with van der Waals surface area (Å²) in [6.45, 7) is 11.0. The Labute approximate surface area is 243 Å². The van der Waals surface area contributed by atoms with Gasteiger partial charge in [0.2, 0.25) is 0 Å². The van der Waals surface area contributed by atoms with Gasteiger partial charge in [-0.15, -0.1) is 0 Å². The molecule has 0 saturated heterocycles. The Morgan fingerprint density at radius 2 is 1.63 bits per heavy atom. The predicted octanol–water partition coefficient (Wildman–Crippen LogP) is 6.88. The quantitative estimate of drug-likeness (QED) is 0.184. The summed E-state index contributed by atoms with van der Waals surface area (Å²) in [4.78, 5) is 21.9. The number of carbonyl (C=O) groups excluding carboxylic acids is 1. The molecule has 2 heterocycles. The summed E-state index contributed by atoms with van der Waals surface area (Å²) in [7, 11) is -4.15. The maximum absolute atomic E-state index is 13.3. The van der Waals surface area contributed by atoms with Crippen LogP contribution in [0.5, 0.6) is 0 Å². The average molecular weight is 577 g/mol. The molecule has 1 N–H and O–H groups in total. The summed E-state index contributed by atoms with van der Waals surface area (Å²) in [5.41, 5.74) is 7.25. The third-order valence-corrected chi connectivity index (χ3v) is 8.49. The maximum Gasteiger partial charge on any atom is 0.421 e. The van der Waals surface area contributed by atoms with Crippen LogP contribution in [0.25, 0.3) is 22.3 Å². The summed E-state index contributed by atoms with van der Waals surface area (Å²) in [5.74, 6) is 0.971. The average Bonchev–Trinajstić information content (AvgIpc) is 3.29. The Morgan fingerprint density at radius 1 is 0.927 bits per heavy atom. The smallest absolute Gasteiger partial charge is 0.421 e. The van der Waals surface area contributed by atoms with Gasteiger partial charge in [-0.25, -0.2) is 27.9 Å². The van der Waals surface area contributed by atoms with Crippen molar-refractivity contribution in [2.45, 2.75) is 84.6 Å². The van der Waals surface area contributed by atoms with E-state index in [2.05, 4.69) is 30.1 Å². The van der Waals surface area contributed by atoms with Gasteiger partial charge in [0.15, 0.2) is 5.65 Å². The molecular formula is C32H40N4O4S. The number of hydrogen-bond donors (Lipinski definition) is 1. The highest BCUT2D eigenvalue weighted by Gasteiger charge is 2.23. The lowest BCUT2D eigenvalue weighted by Crippen LogP contribution is -2.31. The Kier molecular flexibility index (Phi) is 9.81. The topological polar surface area (TPSA) is 103 Å². The first kappa shape index (κ1) is 30.2. The number of nitrogens with zero attached hydrogens (tertiary/aromatic N) is 3. The lowest BCUT2D eigenvalue weighted by Gasteiger charge is -2.15. The zero-order valence-corrected chi connectivity index (χ0v) is 25.5. The number of sulfonamides is 1. The molecule has 9 heteroatoms. The molecule has 0 bridgehead atoms. The van der Waals surface area contributed by atoms with Crippen LogP contribution in [0.2, 0.25) is 0 Å². The molecule has 2 aromatic carbocycles. The number of nitrogens with one attached hydrogen (secondary N) is 1. The third-order valence-electron chi connectivity index (χ3n) is 7.12. The summed E-state index contributed by atoms with van der Waals surface area (Å²) < 4.78 is 35.9. The fraction of sp³-hybridized carbons (Fsp3) is 0.406. The van der Waals surface area contributed by atoms with Gasteiger partial charge in [0.25, 0.3) is 10.0 Å². The van der Waals surface area contributed by atoms with E-state index in [-0.39, 0.29) is 11.5 Å². The summed E-state index contributed by atoms with van der Waals surface area (Å²) in [6, 6.07) is 15.2. The van der Waals surface area contributed by atoms with Crippen molar-refractivity contribution in [1.82, 2.24) is 19.3 Å². The van der Waals surface area contributed by atoms with Gasteiger partial charge < -0.3 is 9.30 Å². The molecule has 0 aliphatic carbocycles. The summed E-state index contributed by atoms with van der Waals surface area (Å²) >= 11 is 0. The van der Waals surface area contributed by atoms with E-state index in [1.807, 2.05) is 56.3 Å². The first-order valence-electron chi connectivity index (χ1n) is 14.4. The van der Waals surface area contributed by atoms with Gasteiger partial charge in [-0.2, -0.15) is 0 Å². The molecule has 0 radical (unpaired) electrons. The fourth-order valence-electron chi connectivity index (χ4n) is 4.93. The van der Waals surface area contributed by atoms with E-state index in [9.17, 15) is 13.2 Å². The second kappa shape index (κ2) is 13.3. The van der Waals surface area contributed by atoms with E-state index in [0.717, 1.165) is 77.0 Å². The van der Waals surface area contributed by atoms with Crippen LogP contribution >= 0.6 is 0 Å². The number of carbonyl (C=O) groups is 1. The molecule has 0 atom stereocenters. The Balaban J connectivity index is 1.67. The molecular weight excluding hydrogens is 536 g/mol. The van der Waals surface area contributed by atoms with Crippen LogP contribution in [-0.4, -0.2) is 35.7 Å². The number of imidazole rings is 1. The van der Waals surface area contributed by atoms with Crippen molar-refractivity contribution in [3.8, 4) is 11.1 Å². The molecule has 0 unspecified atom stereocenters. The third kappa shape index (κ3) is 7.14. The van der Waals surface area contributed by atoms with E-state index in [1.54, 1.807) is 6.07 Å². The van der Waals surface area contributed by atoms with Crippen molar-refractivity contribution in [2.24, 2.45) is 0 Å². The Bertz CT molecular complexity index is 1630. The molecule has 2 aromatic heterocycles. The predicted molar refractivity (Wildman–Crippen MR) is 163 cm³/mol. The Morgan fingerprint density at radius 3 is 2.32 bits per heavy atom. The molecule has 1 amide bonds. The molecule has 4 rings (SSSR count). The second-order valence-corrected chi connectivity index (χ2v) is 12.1. The molecule has 0 aliphatic rings. The number of amides is 1. The van der Waals surface area contributed by atoms with Gasteiger partial charge in [0.05, 0.1) is 18.0 Å². The lowest BCUT2D eigenvalue weighted by atomic mass is 9.99. The molecule has 0 saturated carbocycles. The summed E-state index contributed by atoms with van der Waals surface area (Å²) in [5, 5.41) is 0. The van der Waals surface area contributed by atoms with Crippen molar-refractivity contribution in [2.75, 3.05) is 6.61 Å². The van der Waals surface area contributed by atoms with Crippen LogP contribution in [-0.2, 0) is 34.1 Å². The number of fused-ring (bicyclic) bond motifs is 1. The maximum atomic E-state index is 13.3. The Hall–Kier alpha value is -3.72. The van der Waals surface area contributed by atoms with E-state index in [4.69, 9.17) is 14.7 Å². The van der Waals surface area contributed by atoms with Gasteiger partial charge >= 0.3 is 6.09 Å². The molecule has 4 aromatic rings. The highest BCUT2D eigenvalue weighted by molar-refractivity contribution is 7.90. The minimum absolute atomic E-state index is 0.0435. The van der Waals surface area contributed by atoms with Gasteiger partial charge in [0, 0.05) is 17.7 Å². The van der Waals surface area contributed by atoms with E-state index >= 15 is 0 Å². The molecule has 0 aliphatic heterocycles. The first-order valence-corrected chi connectivity index (χ1v) is 15.9. The van der Waals surface area contributed by atoms with Crippen LogP contribution in [0.1, 0.15) is 74.7 Å². The standard InChI is InChI=1S/C32H40N4O4S/c1-6-9-11-24-14-17-28(41(38,39)35-32(37)40-18-10-7-2)27(20-24)26-15-12-25(13-16-26)21-36-29(8-3)34-30-22(4)19-23(5)33-31(30)36/h12-17,19-20H,6-11,18,21H2,1-5H3,(H,35,37). The second-order valence-electron chi connectivity index (χ2n) is 10.4. The number of pyridine rings is 1. The molecule has 41 heavy (non-hydrogen) atoms. The SMILES string of the molecule is CCCCOC(=O)NS(=O)(=O)c1ccc(CCCC)cc1-c1ccc(Cn2c(CC)nc3c(C)cc(C)nc32)cc1. The van der Waals surface area contributed by atoms with E-state index in [0.29, 0.717) is 18.5 Å². The number of unbranched alkanes of at least 4 members (excludes halogenated alkanes) is 2. The van der Waals surface area contributed by atoms with Gasteiger partial charge in [-0.1, -0.05) is 63.9 Å². The first-order chi connectivity index (χ1) is 19.7. The number of rotatable bonds is 12. The number of ether oxygens (including phenoxy) is 1. The molecule has 218 valence electrons. The number of aromatic nitrogens is 3. The largest absolute Gasteiger partial charge is 0.449 e. The van der Waals surface area contributed by atoms with Gasteiger partial charge in [-0.05, 0) is 73.6 Å². The number of benzene rings is 2.